The van der Waals surface area contributed by atoms with Gasteiger partial charge in [-0.15, -0.1) is 0 Å². The first-order valence-electron chi connectivity index (χ1n) is 12.8. The molecule has 194 valence electrons. The number of piperazine rings is 1. The molecule has 4 N–H and O–H groups in total. The number of nitrogens with zero attached hydrogens (tertiary/aromatic N) is 2. The van der Waals surface area contributed by atoms with Crippen molar-refractivity contribution in [1.82, 2.24) is 15.1 Å². The lowest BCUT2D eigenvalue weighted by atomic mass is 9.79. The van der Waals surface area contributed by atoms with Gasteiger partial charge in [0.25, 0.3) is 0 Å². The molecular weight excluding hydrogens is 449 g/mol. The highest BCUT2D eigenvalue weighted by molar-refractivity contribution is 5.95. The third-order valence-corrected chi connectivity index (χ3v) is 7.37. The zero-order valence-electron chi connectivity index (χ0n) is 21.2. The van der Waals surface area contributed by atoms with E-state index >= 15 is 0 Å². The Morgan fingerprint density at radius 1 is 1.11 bits per heavy atom. The summed E-state index contributed by atoms with van der Waals surface area (Å²) in [6.45, 7) is 6.65. The van der Waals surface area contributed by atoms with E-state index < -0.39 is 17.9 Å². The fourth-order valence-corrected chi connectivity index (χ4v) is 4.84. The van der Waals surface area contributed by atoms with Gasteiger partial charge in [0.05, 0.1) is 11.7 Å². The molecule has 1 aliphatic carbocycles. The van der Waals surface area contributed by atoms with E-state index in [9.17, 15) is 18.8 Å². The minimum Gasteiger partial charge on any atom is -0.344 e. The molecule has 0 aromatic heterocycles. The van der Waals surface area contributed by atoms with Gasteiger partial charge in [-0.3, -0.25) is 14.4 Å². The van der Waals surface area contributed by atoms with Crippen LogP contribution in [-0.2, 0) is 20.8 Å². The number of hydrogen-bond donors (Lipinski definition) is 3. The summed E-state index contributed by atoms with van der Waals surface area (Å²) in [5, 5.41) is 5.42. The maximum Gasteiger partial charge on any atom is 0.245 e. The summed E-state index contributed by atoms with van der Waals surface area (Å²) in [5.74, 6) is -0.599. The predicted octanol–water partition coefficient (Wildman–Crippen LogP) is 2.13. The summed E-state index contributed by atoms with van der Waals surface area (Å²) in [4.78, 5) is 41.8. The number of carbonyl (C=O) groups is 3. The predicted molar refractivity (Wildman–Crippen MR) is 134 cm³/mol. The zero-order chi connectivity index (χ0) is 25.5. The number of amides is 3. The van der Waals surface area contributed by atoms with Crippen molar-refractivity contribution < 1.29 is 18.8 Å². The first kappa shape index (κ1) is 27.1. The summed E-state index contributed by atoms with van der Waals surface area (Å²) in [6.07, 6.45) is 4.34. The highest BCUT2D eigenvalue weighted by atomic mass is 19.1. The summed E-state index contributed by atoms with van der Waals surface area (Å²) in [7, 11) is 2.00. The molecule has 2 fully saturated rings. The van der Waals surface area contributed by atoms with Crippen LogP contribution in [0.2, 0.25) is 0 Å². The SMILES string of the molecule is CCC(=O)N[C@H](Cc1ccc(NC(=O)[C@@H](N)C2CCC(C)CC2)c(F)c1)C(=O)N1CCN(C)CC1. The minimum atomic E-state index is -0.771. The Morgan fingerprint density at radius 2 is 1.77 bits per heavy atom. The second-order valence-corrected chi connectivity index (χ2v) is 10.2. The Bertz CT molecular complexity index is 895. The molecule has 1 aromatic rings. The number of rotatable bonds is 8. The molecule has 1 aliphatic heterocycles. The molecule has 0 unspecified atom stereocenters. The van der Waals surface area contributed by atoms with Gasteiger partial charge in [-0.25, -0.2) is 4.39 Å². The second kappa shape index (κ2) is 12.4. The number of benzene rings is 1. The molecule has 1 saturated carbocycles. The van der Waals surface area contributed by atoms with Crippen molar-refractivity contribution >= 4 is 23.4 Å². The average molecular weight is 490 g/mol. The average Bonchev–Trinajstić information content (AvgIpc) is 2.85. The molecule has 0 spiro atoms. The van der Waals surface area contributed by atoms with E-state index in [2.05, 4.69) is 22.5 Å². The number of hydrogen-bond acceptors (Lipinski definition) is 5. The van der Waals surface area contributed by atoms with Crippen LogP contribution in [0, 0.1) is 17.7 Å². The summed E-state index contributed by atoms with van der Waals surface area (Å²) >= 11 is 0. The summed E-state index contributed by atoms with van der Waals surface area (Å²) in [5.41, 5.74) is 6.82. The Balaban J connectivity index is 1.65. The number of nitrogens with one attached hydrogen (secondary N) is 2. The molecule has 8 nitrogen and oxygen atoms in total. The van der Waals surface area contributed by atoms with Crippen LogP contribution in [-0.4, -0.2) is 72.8 Å². The van der Waals surface area contributed by atoms with Crippen molar-refractivity contribution in [3.05, 3.63) is 29.6 Å². The Morgan fingerprint density at radius 3 is 2.37 bits per heavy atom. The molecule has 3 amide bonds. The topological polar surface area (TPSA) is 108 Å². The smallest absolute Gasteiger partial charge is 0.245 e. The molecule has 35 heavy (non-hydrogen) atoms. The van der Waals surface area contributed by atoms with Gasteiger partial charge < -0.3 is 26.2 Å². The van der Waals surface area contributed by atoms with E-state index in [-0.39, 0.29) is 42.2 Å². The van der Waals surface area contributed by atoms with Gasteiger partial charge in [0.2, 0.25) is 17.7 Å². The van der Waals surface area contributed by atoms with Crippen LogP contribution in [0.4, 0.5) is 10.1 Å². The lowest BCUT2D eigenvalue weighted by Gasteiger charge is -2.34. The van der Waals surface area contributed by atoms with Crippen LogP contribution in [0.5, 0.6) is 0 Å². The standard InChI is InChI=1S/C26H40FN5O3/c1-4-23(33)29-22(26(35)32-13-11-31(3)12-14-32)16-18-7-10-21(20(27)15-18)30-25(34)24(28)19-8-5-17(2)6-9-19/h7,10,15,17,19,22,24H,4-6,8-9,11-14,16,28H2,1-3H3,(H,29,33)(H,30,34)/t17?,19?,22-,24+/m1/s1. The molecule has 0 bridgehead atoms. The van der Waals surface area contributed by atoms with Gasteiger partial charge in [0.1, 0.15) is 11.9 Å². The maximum absolute atomic E-state index is 14.9. The van der Waals surface area contributed by atoms with Gasteiger partial charge in [-0.2, -0.15) is 0 Å². The van der Waals surface area contributed by atoms with Crippen LogP contribution < -0.4 is 16.4 Å². The van der Waals surface area contributed by atoms with Gasteiger partial charge in [-0.1, -0.05) is 32.8 Å². The lowest BCUT2D eigenvalue weighted by molar-refractivity contribution is -0.137. The molecule has 1 aromatic carbocycles. The third-order valence-electron chi connectivity index (χ3n) is 7.37. The number of likely N-dealkylation sites (N-methyl/N-ethyl adjacent to an activating group) is 1. The van der Waals surface area contributed by atoms with Crippen LogP contribution in [0.15, 0.2) is 18.2 Å². The van der Waals surface area contributed by atoms with Crippen molar-refractivity contribution in [3.8, 4) is 0 Å². The molecular formula is C26H40FN5O3. The van der Waals surface area contributed by atoms with Crippen molar-refractivity contribution in [1.29, 1.82) is 0 Å². The zero-order valence-corrected chi connectivity index (χ0v) is 21.2. The van der Waals surface area contributed by atoms with Crippen LogP contribution in [0.25, 0.3) is 0 Å². The highest BCUT2D eigenvalue weighted by Crippen LogP contribution is 2.30. The van der Waals surface area contributed by atoms with Gasteiger partial charge in [0.15, 0.2) is 0 Å². The van der Waals surface area contributed by atoms with Crippen LogP contribution >= 0.6 is 0 Å². The van der Waals surface area contributed by atoms with Crippen molar-refractivity contribution in [2.45, 2.75) is 64.5 Å². The fraction of sp³-hybridized carbons (Fsp3) is 0.654. The number of halogens is 1. The molecule has 1 heterocycles. The fourth-order valence-electron chi connectivity index (χ4n) is 4.84. The third kappa shape index (κ3) is 7.48. The Labute approximate surface area is 207 Å². The Kier molecular flexibility index (Phi) is 9.63. The van der Waals surface area contributed by atoms with E-state index in [0.717, 1.165) is 38.8 Å². The lowest BCUT2D eigenvalue weighted by Crippen LogP contribution is -2.54. The maximum atomic E-state index is 14.9. The number of carbonyl (C=O) groups excluding carboxylic acids is 3. The minimum absolute atomic E-state index is 0.0675. The van der Waals surface area contributed by atoms with Crippen molar-refractivity contribution in [2.75, 3.05) is 38.5 Å². The highest BCUT2D eigenvalue weighted by Gasteiger charge is 2.30. The molecule has 3 rings (SSSR count). The largest absolute Gasteiger partial charge is 0.344 e. The van der Waals surface area contributed by atoms with E-state index in [1.807, 2.05) is 7.05 Å². The van der Waals surface area contributed by atoms with Crippen LogP contribution in [0.3, 0.4) is 0 Å². The molecule has 2 atom stereocenters. The first-order chi connectivity index (χ1) is 16.7. The molecule has 1 saturated heterocycles. The van der Waals surface area contributed by atoms with Crippen molar-refractivity contribution in [3.63, 3.8) is 0 Å². The van der Waals surface area contributed by atoms with E-state index in [4.69, 9.17) is 5.73 Å². The second-order valence-electron chi connectivity index (χ2n) is 10.2. The normalized spacial score (nSPS) is 22.8. The van der Waals surface area contributed by atoms with Gasteiger partial charge in [-0.05, 0) is 49.4 Å². The quantitative estimate of drug-likeness (QED) is 0.519. The van der Waals surface area contributed by atoms with E-state index in [0.29, 0.717) is 24.6 Å². The monoisotopic (exact) mass is 489 g/mol. The van der Waals surface area contributed by atoms with Crippen LogP contribution in [0.1, 0.15) is 51.5 Å². The first-order valence-corrected chi connectivity index (χ1v) is 12.8. The summed E-state index contributed by atoms with van der Waals surface area (Å²) in [6, 6.07) is 3.04. The van der Waals surface area contributed by atoms with E-state index in [1.54, 1.807) is 17.9 Å². The molecule has 2 aliphatic rings. The van der Waals surface area contributed by atoms with E-state index in [1.165, 1.54) is 12.1 Å². The summed E-state index contributed by atoms with van der Waals surface area (Å²) < 4.78 is 14.9. The Hall–Kier alpha value is -2.52. The van der Waals surface area contributed by atoms with Gasteiger partial charge in [0, 0.05) is 39.0 Å². The van der Waals surface area contributed by atoms with Crippen molar-refractivity contribution in [2.24, 2.45) is 17.6 Å². The molecule has 0 radical (unpaired) electrons. The molecule has 9 heteroatoms. The number of anilines is 1. The number of nitrogens with two attached hydrogens (primary N) is 1. The van der Waals surface area contributed by atoms with Gasteiger partial charge >= 0.3 is 0 Å².